The maximum Gasteiger partial charge on any atom is 0.309 e. The van der Waals surface area contributed by atoms with E-state index in [4.69, 9.17) is 4.74 Å². The third-order valence-electron chi connectivity index (χ3n) is 12.7. The van der Waals surface area contributed by atoms with Gasteiger partial charge in [-0.05, 0) is 112 Å². The Morgan fingerprint density at radius 3 is 2.31 bits per heavy atom. The molecule has 10 atom stereocenters. The molecule has 5 nitrogen and oxygen atoms in total. The highest BCUT2D eigenvalue weighted by Crippen LogP contribution is 2.76. The van der Waals surface area contributed by atoms with E-state index in [-0.39, 0.29) is 40.0 Å². The molecule has 0 unspecified atom stereocenters. The molecule has 5 aliphatic rings. The summed E-state index contributed by atoms with van der Waals surface area (Å²) in [4.78, 5) is 25.4. The zero-order valence-electron chi connectivity index (χ0n) is 22.7. The first-order valence-electron chi connectivity index (χ1n) is 13.9. The van der Waals surface area contributed by atoms with E-state index in [0.717, 1.165) is 50.5 Å². The number of ether oxygens (including phenoxy) is 1. The molecule has 1 aliphatic heterocycles. The van der Waals surface area contributed by atoms with Crippen molar-refractivity contribution < 1.29 is 24.5 Å². The van der Waals surface area contributed by atoms with Gasteiger partial charge in [-0.25, -0.2) is 0 Å². The average Bonchev–Trinajstić information content (AvgIpc) is 3.09. The van der Waals surface area contributed by atoms with E-state index in [1.54, 1.807) is 0 Å². The van der Waals surface area contributed by atoms with Crippen LogP contribution in [0.5, 0.6) is 0 Å². The summed E-state index contributed by atoms with van der Waals surface area (Å²) in [6.45, 7) is 17.5. The lowest BCUT2D eigenvalue weighted by atomic mass is 9.33. The fraction of sp³-hybridized carbons (Fsp3) is 0.867. The second-order valence-electron chi connectivity index (χ2n) is 14.4. The molecule has 0 bridgehead atoms. The minimum atomic E-state index is -0.706. The van der Waals surface area contributed by atoms with Gasteiger partial charge in [-0.1, -0.05) is 32.9 Å². The van der Waals surface area contributed by atoms with E-state index < -0.39 is 23.1 Å². The standard InChI is InChI=1S/C30H46O5/c1-17(2)18-10-13-30(25(33)34)15-14-28(6)19(23(18)30)8-9-21-27(5)12-11-22(32)35-26(3,4)24(27)20(31)16-29(21,28)7/h18-21,23-24,31H,1,8-16H2,2-7H3,(H,33,34)/t18-,19+,20+,21+,23+,24-,27+,28+,29+,30-/m0/s1. The van der Waals surface area contributed by atoms with Gasteiger partial charge in [-0.2, -0.15) is 0 Å². The molecular weight excluding hydrogens is 440 g/mol. The molecule has 5 heteroatoms. The van der Waals surface area contributed by atoms with Crippen molar-refractivity contribution in [3.05, 3.63) is 12.2 Å². The molecule has 1 saturated heterocycles. The SMILES string of the molecule is C=C(C)[C@@H]1CC[C@]2(C(=O)O)CC[C@]3(C)[C@H](CC[C@@H]4[C@@]5(C)CCC(=O)OC(C)(C)[C@@H]5[C@H](O)C[C@]43C)[C@@H]12. The average molecular weight is 487 g/mol. The molecular formula is C30H46O5. The second kappa shape index (κ2) is 7.58. The third-order valence-corrected chi connectivity index (χ3v) is 12.7. The van der Waals surface area contributed by atoms with Gasteiger partial charge < -0.3 is 14.9 Å². The lowest BCUT2D eigenvalue weighted by molar-refractivity contribution is -0.260. The first kappa shape index (κ1) is 25.3. The number of hydrogen-bond acceptors (Lipinski definition) is 4. The van der Waals surface area contributed by atoms with Crippen molar-refractivity contribution in [3.8, 4) is 0 Å². The Bertz CT molecular complexity index is 954. The molecule has 4 saturated carbocycles. The maximum atomic E-state index is 12.8. The minimum Gasteiger partial charge on any atom is -0.481 e. The van der Waals surface area contributed by atoms with Crippen LogP contribution in [0.15, 0.2) is 12.2 Å². The normalized spacial score (nSPS) is 52.7. The van der Waals surface area contributed by atoms with Gasteiger partial charge in [0.05, 0.1) is 11.5 Å². The predicted octanol–water partition coefficient (Wildman–Crippen LogP) is 6.00. The maximum absolute atomic E-state index is 12.8. The zero-order valence-corrected chi connectivity index (χ0v) is 22.7. The zero-order chi connectivity index (χ0) is 25.8. The van der Waals surface area contributed by atoms with Gasteiger partial charge in [0.25, 0.3) is 0 Å². The number of carboxylic acids is 1. The van der Waals surface area contributed by atoms with Crippen LogP contribution in [0.2, 0.25) is 0 Å². The van der Waals surface area contributed by atoms with Crippen LogP contribution in [0.4, 0.5) is 0 Å². The number of carbonyl (C=O) groups is 2. The van der Waals surface area contributed by atoms with E-state index in [1.165, 1.54) is 0 Å². The first-order valence-corrected chi connectivity index (χ1v) is 13.9. The van der Waals surface area contributed by atoms with Crippen molar-refractivity contribution in [1.29, 1.82) is 0 Å². The van der Waals surface area contributed by atoms with E-state index in [1.807, 2.05) is 13.8 Å². The number of hydrogen-bond donors (Lipinski definition) is 2. The summed E-state index contributed by atoms with van der Waals surface area (Å²) >= 11 is 0. The van der Waals surface area contributed by atoms with Crippen molar-refractivity contribution in [3.63, 3.8) is 0 Å². The van der Waals surface area contributed by atoms with Gasteiger partial charge in [0.1, 0.15) is 5.60 Å². The van der Waals surface area contributed by atoms with Crippen LogP contribution in [0.3, 0.4) is 0 Å². The number of fused-ring (bicyclic) bond motifs is 7. The van der Waals surface area contributed by atoms with Gasteiger partial charge >= 0.3 is 11.9 Å². The number of aliphatic hydroxyl groups is 1. The molecule has 0 amide bonds. The number of rotatable bonds is 2. The van der Waals surface area contributed by atoms with Crippen molar-refractivity contribution in [2.45, 2.75) is 111 Å². The number of aliphatic hydroxyl groups excluding tert-OH is 1. The quantitative estimate of drug-likeness (QED) is 0.370. The minimum absolute atomic E-state index is 0.0617. The van der Waals surface area contributed by atoms with Crippen LogP contribution >= 0.6 is 0 Å². The fourth-order valence-corrected chi connectivity index (χ4v) is 11.4. The van der Waals surface area contributed by atoms with E-state index in [9.17, 15) is 19.8 Å². The van der Waals surface area contributed by atoms with Gasteiger partial charge in [-0.3, -0.25) is 9.59 Å². The highest BCUT2D eigenvalue weighted by atomic mass is 16.6. The van der Waals surface area contributed by atoms with Crippen molar-refractivity contribution in [2.24, 2.45) is 51.2 Å². The third kappa shape index (κ3) is 3.09. The van der Waals surface area contributed by atoms with Crippen molar-refractivity contribution in [2.75, 3.05) is 0 Å². The number of carbonyl (C=O) groups excluding carboxylic acids is 1. The smallest absolute Gasteiger partial charge is 0.309 e. The molecule has 5 rings (SSSR count). The summed E-state index contributed by atoms with van der Waals surface area (Å²) in [6.07, 6.45) is 6.62. The molecule has 4 aliphatic carbocycles. The van der Waals surface area contributed by atoms with Crippen LogP contribution in [0.1, 0.15) is 99.3 Å². The van der Waals surface area contributed by atoms with Crippen LogP contribution in [-0.2, 0) is 14.3 Å². The van der Waals surface area contributed by atoms with E-state index in [0.29, 0.717) is 24.7 Å². The molecule has 0 spiro atoms. The lowest BCUT2D eigenvalue weighted by Gasteiger charge is -2.71. The molecule has 35 heavy (non-hydrogen) atoms. The van der Waals surface area contributed by atoms with Crippen molar-refractivity contribution >= 4 is 11.9 Å². The lowest BCUT2D eigenvalue weighted by Crippen LogP contribution is -2.68. The van der Waals surface area contributed by atoms with Crippen LogP contribution in [-0.4, -0.2) is 33.9 Å². The predicted molar refractivity (Wildman–Crippen MR) is 134 cm³/mol. The molecule has 0 aromatic heterocycles. The Morgan fingerprint density at radius 1 is 1.00 bits per heavy atom. The Morgan fingerprint density at radius 2 is 1.69 bits per heavy atom. The number of allylic oxidation sites excluding steroid dienone is 1. The topological polar surface area (TPSA) is 83.8 Å². The number of cyclic esters (lactones) is 1. The Labute approximate surface area is 211 Å². The van der Waals surface area contributed by atoms with Gasteiger partial charge in [0, 0.05) is 12.3 Å². The molecule has 196 valence electrons. The van der Waals surface area contributed by atoms with E-state index in [2.05, 4.69) is 34.3 Å². The number of aliphatic carboxylic acids is 1. The summed E-state index contributed by atoms with van der Waals surface area (Å²) < 4.78 is 5.91. The molecule has 1 heterocycles. The van der Waals surface area contributed by atoms with Crippen LogP contribution < -0.4 is 0 Å². The van der Waals surface area contributed by atoms with Gasteiger partial charge in [0.2, 0.25) is 0 Å². The second-order valence-corrected chi connectivity index (χ2v) is 14.4. The van der Waals surface area contributed by atoms with Crippen molar-refractivity contribution in [1.82, 2.24) is 0 Å². The van der Waals surface area contributed by atoms with E-state index >= 15 is 0 Å². The summed E-state index contributed by atoms with van der Waals surface area (Å²) in [5.74, 6) is 0.178. The molecule has 2 N–H and O–H groups in total. The molecule has 5 fully saturated rings. The Balaban J connectivity index is 1.61. The Hall–Kier alpha value is -1.36. The highest BCUT2D eigenvalue weighted by Gasteiger charge is 2.73. The van der Waals surface area contributed by atoms with Gasteiger partial charge in [-0.15, -0.1) is 0 Å². The monoisotopic (exact) mass is 486 g/mol. The van der Waals surface area contributed by atoms with Gasteiger partial charge in [0.15, 0.2) is 0 Å². The molecule has 0 aromatic carbocycles. The first-order chi connectivity index (χ1) is 16.1. The fourth-order valence-electron chi connectivity index (χ4n) is 11.4. The molecule has 0 radical (unpaired) electrons. The van der Waals surface area contributed by atoms with Crippen LogP contribution in [0, 0.1) is 51.2 Å². The molecule has 0 aromatic rings. The Kier molecular flexibility index (Phi) is 5.48. The summed E-state index contributed by atoms with van der Waals surface area (Å²) in [7, 11) is 0. The summed E-state index contributed by atoms with van der Waals surface area (Å²) in [5.41, 5.74) is -0.610. The summed E-state index contributed by atoms with van der Waals surface area (Å²) in [5, 5.41) is 22.3. The summed E-state index contributed by atoms with van der Waals surface area (Å²) in [6, 6.07) is 0. The largest absolute Gasteiger partial charge is 0.481 e. The number of esters is 1. The number of carboxylic acid groups (broad SMARTS) is 1. The highest BCUT2D eigenvalue weighted by molar-refractivity contribution is 5.76. The van der Waals surface area contributed by atoms with Crippen LogP contribution in [0.25, 0.3) is 0 Å².